The lowest BCUT2D eigenvalue weighted by atomic mass is 10.1. The predicted molar refractivity (Wildman–Crippen MR) is 85.7 cm³/mol. The van der Waals surface area contributed by atoms with Gasteiger partial charge in [-0.15, -0.1) is 0 Å². The maximum absolute atomic E-state index is 12.1. The summed E-state index contributed by atoms with van der Waals surface area (Å²) in [5.74, 6) is -0.928. The first-order valence-corrected chi connectivity index (χ1v) is 7.70. The maximum atomic E-state index is 12.1. The van der Waals surface area contributed by atoms with E-state index in [1.54, 1.807) is 4.90 Å². The van der Waals surface area contributed by atoms with Crippen molar-refractivity contribution in [2.24, 2.45) is 0 Å². The Morgan fingerprint density at radius 1 is 1.32 bits per heavy atom. The summed E-state index contributed by atoms with van der Waals surface area (Å²) >= 11 is 3.42. The number of hydrogen-bond acceptors (Lipinski definition) is 4. The number of benzene rings is 1. The zero-order valence-corrected chi connectivity index (χ0v) is 14.4. The van der Waals surface area contributed by atoms with Gasteiger partial charge in [0.1, 0.15) is 12.1 Å². The van der Waals surface area contributed by atoms with Crippen LogP contribution in [0.25, 0.3) is 0 Å². The molecule has 0 aromatic heterocycles. The summed E-state index contributed by atoms with van der Waals surface area (Å²) in [6.07, 6.45) is -0.347. The van der Waals surface area contributed by atoms with Crippen LogP contribution >= 0.6 is 15.9 Å². The summed E-state index contributed by atoms with van der Waals surface area (Å²) < 4.78 is 6.15. The molecule has 2 N–H and O–H groups in total. The molecule has 6 nitrogen and oxygen atoms in total. The summed E-state index contributed by atoms with van der Waals surface area (Å²) in [7, 11) is 0. The van der Waals surface area contributed by atoms with E-state index < -0.39 is 11.6 Å². The lowest BCUT2D eigenvalue weighted by Gasteiger charge is -2.24. The minimum Gasteiger partial charge on any atom is -0.480 e. The summed E-state index contributed by atoms with van der Waals surface area (Å²) in [6, 6.07) is 3.77. The molecule has 7 heteroatoms. The van der Waals surface area contributed by atoms with E-state index in [1.807, 2.05) is 32.9 Å². The van der Waals surface area contributed by atoms with Gasteiger partial charge in [0.2, 0.25) is 0 Å². The largest absolute Gasteiger partial charge is 0.480 e. The van der Waals surface area contributed by atoms with Gasteiger partial charge >= 0.3 is 12.1 Å². The minimum absolute atomic E-state index is 0.160. The van der Waals surface area contributed by atoms with Crippen LogP contribution in [0.1, 0.15) is 31.9 Å². The molecule has 2 rings (SSSR count). The first kappa shape index (κ1) is 16.6. The van der Waals surface area contributed by atoms with Gasteiger partial charge in [0.05, 0.1) is 0 Å². The smallest absolute Gasteiger partial charge is 0.410 e. The number of halogens is 1. The number of carbonyl (C=O) groups is 2. The molecule has 0 saturated carbocycles. The van der Waals surface area contributed by atoms with Crippen molar-refractivity contribution < 1.29 is 19.4 Å². The van der Waals surface area contributed by atoms with Gasteiger partial charge in [-0.25, -0.2) is 4.79 Å². The fourth-order valence-electron chi connectivity index (χ4n) is 2.18. The van der Waals surface area contributed by atoms with E-state index in [0.717, 1.165) is 15.6 Å². The van der Waals surface area contributed by atoms with Gasteiger partial charge in [0.15, 0.2) is 0 Å². The Labute approximate surface area is 137 Å². The number of carbonyl (C=O) groups excluding carboxylic acids is 1. The highest BCUT2D eigenvalue weighted by atomic mass is 79.9. The topological polar surface area (TPSA) is 78.9 Å². The highest BCUT2D eigenvalue weighted by Crippen LogP contribution is 2.32. The number of amides is 1. The van der Waals surface area contributed by atoms with E-state index in [9.17, 15) is 9.59 Å². The van der Waals surface area contributed by atoms with Crippen LogP contribution in [0.2, 0.25) is 0 Å². The molecule has 0 radical (unpaired) electrons. The second-order valence-electron chi connectivity index (χ2n) is 6.18. The highest BCUT2D eigenvalue weighted by molar-refractivity contribution is 9.10. The van der Waals surface area contributed by atoms with Crippen molar-refractivity contribution in [1.29, 1.82) is 0 Å². The monoisotopic (exact) mass is 370 g/mol. The third-order valence-corrected chi connectivity index (χ3v) is 3.75. The third kappa shape index (κ3) is 4.13. The van der Waals surface area contributed by atoms with Crippen molar-refractivity contribution in [3.05, 3.63) is 27.7 Å². The number of carboxylic acids is 1. The van der Waals surface area contributed by atoms with Crippen molar-refractivity contribution in [2.75, 3.05) is 11.9 Å². The molecule has 1 aromatic rings. The number of ether oxygens (including phenoxy) is 1. The lowest BCUT2D eigenvalue weighted by Crippen LogP contribution is -2.33. The Balaban J connectivity index is 2.10. The van der Waals surface area contributed by atoms with E-state index in [2.05, 4.69) is 21.2 Å². The summed E-state index contributed by atoms with van der Waals surface area (Å²) in [5.41, 5.74) is 2.19. The molecular formula is C15H19BrN2O4. The van der Waals surface area contributed by atoms with Crippen LogP contribution in [0.4, 0.5) is 10.5 Å². The lowest BCUT2D eigenvalue weighted by molar-refractivity contribution is -0.134. The maximum Gasteiger partial charge on any atom is 0.410 e. The van der Waals surface area contributed by atoms with Crippen molar-refractivity contribution in [3.8, 4) is 0 Å². The van der Waals surface area contributed by atoms with Gasteiger partial charge in [0, 0.05) is 23.2 Å². The van der Waals surface area contributed by atoms with Gasteiger partial charge in [-0.1, -0.05) is 0 Å². The standard InChI is InChI=1S/C15H19BrN2O4/c1-15(2,3)22-14(21)18-7-9-4-11(16)12(5-10(9)8-18)17-6-13(19)20/h4-5,17H,6-8H2,1-3H3,(H,19,20). The number of anilines is 1. The zero-order chi connectivity index (χ0) is 16.5. The van der Waals surface area contributed by atoms with Gasteiger partial charge in [-0.3, -0.25) is 9.69 Å². The molecule has 1 aliphatic heterocycles. The van der Waals surface area contributed by atoms with Crippen LogP contribution in [0.15, 0.2) is 16.6 Å². The van der Waals surface area contributed by atoms with Gasteiger partial charge < -0.3 is 15.2 Å². The second-order valence-corrected chi connectivity index (χ2v) is 7.04. The Hall–Kier alpha value is -1.76. The Morgan fingerprint density at radius 3 is 2.45 bits per heavy atom. The number of rotatable bonds is 3. The van der Waals surface area contributed by atoms with Crippen LogP contribution in [0.3, 0.4) is 0 Å². The molecule has 1 aliphatic rings. The molecule has 1 aromatic carbocycles. The molecule has 0 fully saturated rings. The van der Waals surface area contributed by atoms with Crippen LogP contribution in [-0.4, -0.2) is 34.2 Å². The van der Waals surface area contributed by atoms with Gasteiger partial charge in [0.25, 0.3) is 0 Å². The predicted octanol–water partition coefficient (Wildman–Crippen LogP) is 3.20. The van der Waals surface area contributed by atoms with E-state index in [0.29, 0.717) is 18.8 Å². The van der Waals surface area contributed by atoms with Crippen LogP contribution < -0.4 is 5.32 Å². The Morgan fingerprint density at radius 2 is 1.91 bits per heavy atom. The quantitative estimate of drug-likeness (QED) is 0.853. The van der Waals surface area contributed by atoms with Crippen molar-refractivity contribution in [2.45, 2.75) is 39.5 Å². The first-order valence-electron chi connectivity index (χ1n) is 6.90. The summed E-state index contributed by atoms with van der Waals surface area (Å²) in [4.78, 5) is 24.4. The number of aliphatic carboxylic acids is 1. The number of hydrogen-bond donors (Lipinski definition) is 2. The average Bonchev–Trinajstić information content (AvgIpc) is 2.76. The molecule has 0 spiro atoms. The van der Waals surface area contributed by atoms with E-state index in [-0.39, 0.29) is 12.6 Å². The highest BCUT2D eigenvalue weighted by Gasteiger charge is 2.28. The molecule has 0 aliphatic carbocycles. The van der Waals surface area contributed by atoms with Crippen molar-refractivity contribution >= 4 is 33.7 Å². The molecule has 0 atom stereocenters. The summed E-state index contributed by atoms with van der Waals surface area (Å²) in [5, 5.41) is 11.6. The summed E-state index contributed by atoms with van der Waals surface area (Å²) in [6.45, 7) is 6.28. The van der Waals surface area contributed by atoms with Crippen LogP contribution in [0.5, 0.6) is 0 Å². The molecule has 0 unspecified atom stereocenters. The average molecular weight is 371 g/mol. The fourth-order valence-corrected chi connectivity index (χ4v) is 2.71. The molecule has 1 amide bonds. The Kier molecular flexibility index (Phi) is 4.65. The van der Waals surface area contributed by atoms with E-state index >= 15 is 0 Å². The molecule has 0 saturated heterocycles. The van der Waals surface area contributed by atoms with E-state index in [4.69, 9.17) is 9.84 Å². The number of nitrogens with zero attached hydrogens (tertiary/aromatic N) is 1. The number of carboxylic acid groups (broad SMARTS) is 1. The van der Waals surface area contributed by atoms with Gasteiger partial charge in [-0.05, 0) is 60.0 Å². The molecule has 0 bridgehead atoms. The normalized spacial score (nSPS) is 13.7. The third-order valence-electron chi connectivity index (χ3n) is 3.09. The first-order chi connectivity index (χ1) is 10.2. The van der Waals surface area contributed by atoms with Crippen molar-refractivity contribution in [1.82, 2.24) is 4.90 Å². The fraction of sp³-hybridized carbons (Fsp3) is 0.467. The molecule has 1 heterocycles. The Bertz CT molecular complexity index is 610. The zero-order valence-electron chi connectivity index (χ0n) is 12.8. The second kappa shape index (κ2) is 6.16. The SMILES string of the molecule is CC(C)(C)OC(=O)N1Cc2cc(Br)c(NCC(=O)O)cc2C1. The number of fused-ring (bicyclic) bond motifs is 1. The van der Waals surface area contributed by atoms with Gasteiger partial charge in [-0.2, -0.15) is 0 Å². The minimum atomic E-state index is -0.928. The van der Waals surface area contributed by atoms with Crippen molar-refractivity contribution in [3.63, 3.8) is 0 Å². The van der Waals surface area contributed by atoms with Crippen LogP contribution in [-0.2, 0) is 22.6 Å². The molecular weight excluding hydrogens is 352 g/mol. The van der Waals surface area contributed by atoms with E-state index in [1.165, 1.54) is 0 Å². The number of nitrogens with one attached hydrogen (secondary N) is 1. The molecule has 120 valence electrons. The van der Waals surface area contributed by atoms with Crippen LogP contribution in [0, 0.1) is 0 Å². The molecule has 22 heavy (non-hydrogen) atoms.